The summed E-state index contributed by atoms with van der Waals surface area (Å²) in [7, 11) is 2.98. The van der Waals surface area contributed by atoms with Crippen LogP contribution in [0, 0.1) is 11.3 Å². The van der Waals surface area contributed by atoms with Crippen molar-refractivity contribution in [2.24, 2.45) is 0 Å². The number of carbonyl (C=O) groups is 1. The van der Waals surface area contributed by atoms with Crippen molar-refractivity contribution in [1.29, 1.82) is 5.26 Å². The number of carboxylic acid groups (broad SMARTS) is 1. The van der Waals surface area contributed by atoms with Gasteiger partial charge in [0.15, 0.2) is 0 Å². The number of carboxylic acids is 1. The lowest BCUT2D eigenvalue weighted by Crippen LogP contribution is -1.99. The van der Waals surface area contributed by atoms with E-state index < -0.39 is 5.97 Å². The quantitative estimate of drug-likeness (QED) is 0.757. The second-order valence-electron chi connectivity index (χ2n) is 4.11. The fourth-order valence-corrected chi connectivity index (χ4v) is 2.28. The maximum Gasteiger partial charge on any atom is 0.339 e. The van der Waals surface area contributed by atoms with Crippen LogP contribution in [0.1, 0.15) is 15.9 Å². The molecule has 0 unspecified atom stereocenters. The average Bonchev–Trinajstić information content (AvgIpc) is 2.54. The number of ether oxygens (including phenoxy) is 2. The zero-order chi connectivity index (χ0) is 17.4. The maximum atomic E-state index is 10.6. The summed E-state index contributed by atoms with van der Waals surface area (Å²) >= 11 is 6.49. The van der Waals surface area contributed by atoms with Crippen LogP contribution < -0.4 is 9.47 Å². The minimum atomic E-state index is -0.987. The highest BCUT2D eigenvalue weighted by atomic mass is 79.9. The molecular weight excluding hydrogens is 430 g/mol. The van der Waals surface area contributed by atoms with Crippen LogP contribution in [0.4, 0.5) is 0 Å². The summed E-state index contributed by atoms with van der Waals surface area (Å²) in [6.45, 7) is 0. The second kappa shape index (κ2) is 9.18. The van der Waals surface area contributed by atoms with Gasteiger partial charge in [0, 0.05) is 8.95 Å². The summed E-state index contributed by atoms with van der Waals surface area (Å²) in [6, 6.07) is 12.1. The Hall–Kier alpha value is -2.04. The van der Waals surface area contributed by atoms with Crippen LogP contribution in [-0.2, 0) is 0 Å². The Bertz CT molecular complexity index is 741. The van der Waals surface area contributed by atoms with Gasteiger partial charge in [0.2, 0.25) is 0 Å². The van der Waals surface area contributed by atoms with Gasteiger partial charge >= 0.3 is 5.97 Å². The molecule has 0 saturated carbocycles. The molecule has 0 amide bonds. The molecule has 0 spiro atoms. The number of rotatable bonds is 3. The van der Waals surface area contributed by atoms with Crippen molar-refractivity contribution in [1.82, 2.24) is 0 Å². The van der Waals surface area contributed by atoms with Gasteiger partial charge < -0.3 is 14.6 Å². The molecule has 0 aliphatic carbocycles. The monoisotopic (exact) mass is 441 g/mol. The number of halogens is 2. The Balaban J connectivity index is 0.000000231. The SMILES string of the molecule is COc1cc(Br)ccc1C#N.COc1cc(Br)ccc1C(=O)O. The number of benzene rings is 2. The molecule has 0 aromatic heterocycles. The van der Waals surface area contributed by atoms with Crippen LogP contribution >= 0.6 is 31.9 Å². The van der Waals surface area contributed by atoms with Gasteiger partial charge in [-0.2, -0.15) is 5.26 Å². The maximum absolute atomic E-state index is 10.6. The van der Waals surface area contributed by atoms with Crippen LogP contribution in [-0.4, -0.2) is 25.3 Å². The van der Waals surface area contributed by atoms with E-state index in [0.29, 0.717) is 17.1 Å². The Labute approximate surface area is 150 Å². The summed E-state index contributed by atoms with van der Waals surface area (Å²) in [4.78, 5) is 10.6. The van der Waals surface area contributed by atoms with Gasteiger partial charge in [0.1, 0.15) is 23.1 Å². The number of hydrogen-bond donors (Lipinski definition) is 1. The molecule has 5 nitrogen and oxygen atoms in total. The van der Waals surface area contributed by atoms with E-state index in [1.54, 1.807) is 37.4 Å². The molecule has 7 heteroatoms. The van der Waals surface area contributed by atoms with Crippen molar-refractivity contribution in [2.75, 3.05) is 14.2 Å². The lowest BCUT2D eigenvalue weighted by molar-refractivity contribution is 0.0693. The summed E-state index contributed by atoms with van der Waals surface area (Å²) in [6.07, 6.45) is 0. The van der Waals surface area contributed by atoms with Gasteiger partial charge in [-0.3, -0.25) is 0 Å². The van der Waals surface area contributed by atoms with Gasteiger partial charge in [-0.05, 0) is 36.4 Å². The number of methoxy groups -OCH3 is 2. The van der Waals surface area contributed by atoms with Gasteiger partial charge in [-0.1, -0.05) is 31.9 Å². The molecule has 0 heterocycles. The topological polar surface area (TPSA) is 79.5 Å². The molecule has 0 aliphatic rings. The molecule has 23 heavy (non-hydrogen) atoms. The fourth-order valence-electron chi connectivity index (χ4n) is 1.60. The number of nitrogens with zero attached hydrogens (tertiary/aromatic N) is 1. The predicted octanol–water partition coefficient (Wildman–Crippen LogP) is 4.49. The van der Waals surface area contributed by atoms with Crippen molar-refractivity contribution >= 4 is 37.8 Å². The van der Waals surface area contributed by atoms with E-state index in [-0.39, 0.29) is 5.56 Å². The van der Waals surface area contributed by atoms with Crippen LogP contribution in [0.3, 0.4) is 0 Å². The first-order chi connectivity index (χ1) is 10.9. The number of nitriles is 1. The number of hydrogen-bond acceptors (Lipinski definition) is 4. The van der Waals surface area contributed by atoms with Crippen LogP contribution in [0.25, 0.3) is 0 Å². The Kier molecular flexibility index (Phi) is 7.59. The largest absolute Gasteiger partial charge is 0.496 e. The number of aromatic carboxylic acids is 1. The lowest BCUT2D eigenvalue weighted by atomic mass is 10.2. The van der Waals surface area contributed by atoms with Gasteiger partial charge in [0.25, 0.3) is 0 Å². The van der Waals surface area contributed by atoms with Crippen molar-refractivity contribution in [3.63, 3.8) is 0 Å². The second-order valence-corrected chi connectivity index (χ2v) is 5.94. The first-order valence-electron chi connectivity index (χ1n) is 6.23. The third-order valence-corrected chi connectivity index (χ3v) is 3.66. The van der Waals surface area contributed by atoms with E-state index in [1.807, 2.05) is 6.07 Å². The minimum absolute atomic E-state index is 0.167. The van der Waals surface area contributed by atoms with Crippen molar-refractivity contribution in [3.8, 4) is 17.6 Å². The fraction of sp³-hybridized carbons (Fsp3) is 0.125. The van der Waals surface area contributed by atoms with E-state index in [1.165, 1.54) is 13.2 Å². The summed E-state index contributed by atoms with van der Waals surface area (Å²) < 4.78 is 11.5. The third kappa shape index (κ3) is 5.58. The zero-order valence-electron chi connectivity index (χ0n) is 12.3. The lowest BCUT2D eigenvalue weighted by Gasteiger charge is -2.03. The normalized spacial score (nSPS) is 9.17. The van der Waals surface area contributed by atoms with Crippen LogP contribution in [0.15, 0.2) is 45.3 Å². The van der Waals surface area contributed by atoms with E-state index in [0.717, 1.165) is 8.95 Å². The summed E-state index contributed by atoms with van der Waals surface area (Å²) in [5, 5.41) is 17.3. The van der Waals surface area contributed by atoms with Crippen molar-refractivity contribution < 1.29 is 19.4 Å². The van der Waals surface area contributed by atoms with Gasteiger partial charge in [-0.25, -0.2) is 4.79 Å². The van der Waals surface area contributed by atoms with Gasteiger partial charge in [0.05, 0.1) is 19.8 Å². The van der Waals surface area contributed by atoms with Crippen molar-refractivity contribution in [3.05, 3.63) is 56.5 Å². The molecule has 0 fully saturated rings. The van der Waals surface area contributed by atoms with Gasteiger partial charge in [-0.15, -0.1) is 0 Å². The first-order valence-corrected chi connectivity index (χ1v) is 7.82. The highest BCUT2D eigenvalue weighted by Gasteiger charge is 2.09. The summed E-state index contributed by atoms with van der Waals surface area (Å²) in [5.74, 6) is -0.0295. The summed E-state index contributed by atoms with van der Waals surface area (Å²) in [5.41, 5.74) is 0.719. The van der Waals surface area contributed by atoms with Crippen LogP contribution in [0.2, 0.25) is 0 Å². The zero-order valence-corrected chi connectivity index (χ0v) is 15.5. The Morgan fingerprint density at radius 1 is 1.04 bits per heavy atom. The first kappa shape index (κ1) is 19.0. The molecule has 0 saturated heterocycles. The van der Waals surface area contributed by atoms with Crippen LogP contribution in [0.5, 0.6) is 11.5 Å². The molecule has 120 valence electrons. The molecular formula is C16H13Br2NO4. The van der Waals surface area contributed by atoms with Crippen molar-refractivity contribution in [2.45, 2.75) is 0 Å². The highest BCUT2D eigenvalue weighted by molar-refractivity contribution is 9.10. The molecule has 2 aromatic carbocycles. The minimum Gasteiger partial charge on any atom is -0.496 e. The molecule has 2 aromatic rings. The molecule has 0 aliphatic heterocycles. The van der Waals surface area contributed by atoms with E-state index in [9.17, 15) is 4.79 Å². The predicted molar refractivity (Wildman–Crippen MR) is 93.1 cm³/mol. The Morgan fingerprint density at radius 2 is 1.57 bits per heavy atom. The molecule has 0 bridgehead atoms. The Morgan fingerprint density at radius 3 is 2.04 bits per heavy atom. The van der Waals surface area contributed by atoms with E-state index >= 15 is 0 Å². The highest BCUT2D eigenvalue weighted by Crippen LogP contribution is 2.23. The molecule has 0 radical (unpaired) electrons. The van der Waals surface area contributed by atoms with E-state index in [4.69, 9.17) is 19.8 Å². The molecule has 0 atom stereocenters. The standard InChI is InChI=1S/C8H6BrNO.C8H7BrO3/c1-11-8-4-7(9)3-2-6(8)5-10;1-12-7-4-5(9)2-3-6(7)8(10)11/h2-4H,1H3;2-4H,1H3,(H,10,11). The van der Waals surface area contributed by atoms with E-state index in [2.05, 4.69) is 31.9 Å². The molecule has 1 N–H and O–H groups in total. The average molecular weight is 443 g/mol. The third-order valence-electron chi connectivity index (χ3n) is 2.68. The molecule has 2 rings (SSSR count). The smallest absolute Gasteiger partial charge is 0.339 e.